The highest BCUT2D eigenvalue weighted by Gasteiger charge is 2.18. The Morgan fingerprint density at radius 3 is 3.27 bits per heavy atom. The van der Waals surface area contributed by atoms with E-state index in [0.29, 0.717) is 13.1 Å². The van der Waals surface area contributed by atoms with Gasteiger partial charge in [-0.25, -0.2) is 0 Å². The van der Waals surface area contributed by atoms with Crippen LogP contribution in [0.5, 0.6) is 0 Å². The van der Waals surface area contributed by atoms with E-state index in [-0.39, 0.29) is 0 Å². The first kappa shape index (κ1) is 10.5. The summed E-state index contributed by atoms with van der Waals surface area (Å²) in [4.78, 5) is 6.55. The Bertz CT molecular complexity index is 329. The predicted octanol–water partition coefficient (Wildman–Crippen LogP) is -0.241. The number of aliphatic hydroxyl groups is 1. The molecule has 1 aromatic rings. The maximum atomic E-state index is 9.47. The van der Waals surface area contributed by atoms with Gasteiger partial charge in [0.25, 0.3) is 0 Å². The summed E-state index contributed by atoms with van der Waals surface area (Å²) in [7, 11) is 0. The molecule has 1 aliphatic heterocycles. The Morgan fingerprint density at radius 2 is 2.47 bits per heavy atom. The van der Waals surface area contributed by atoms with Crippen molar-refractivity contribution >= 4 is 0 Å². The SMILES string of the molecule is NCC(O)CN1CCc2cccnc2C1. The lowest BCUT2D eigenvalue weighted by Crippen LogP contribution is -2.39. The minimum Gasteiger partial charge on any atom is -0.390 e. The summed E-state index contributed by atoms with van der Waals surface area (Å²) < 4.78 is 0. The van der Waals surface area contributed by atoms with Crippen LogP contribution in [0.3, 0.4) is 0 Å². The molecule has 1 aromatic heterocycles. The van der Waals surface area contributed by atoms with Gasteiger partial charge >= 0.3 is 0 Å². The van der Waals surface area contributed by atoms with Gasteiger partial charge in [0, 0.05) is 32.4 Å². The molecule has 15 heavy (non-hydrogen) atoms. The fourth-order valence-corrected chi connectivity index (χ4v) is 1.94. The van der Waals surface area contributed by atoms with Crippen LogP contribution in [-0.4, -0.2) is 40.7 Å². The van der Waals surface area contributed by atoms with Gasteiger partial charge < -0.3 is 10.8 Å². The van der Waals surface area contributed by atoms with Crippen molar-refractivity contribution in [2.24, 2.45) is 5.73 Å². The lowest BCUT2D eigenvalue weighted by molar-refractivity contribution is 0.110. The van der Waals surface area contributed by atoms with Crippen LogP contribution in [0.2, 0.25) is 0 Å². The van der Waals surface area contributed by atoms with E-state index in [4.69, 9.17) is 5.73 Å². The normalized spacial score (nSPS) is 18.5. The molecule has 0 radical (unpaired) electrons. The first-order valence-electron chi connectivity index (χ1n) is 5.33. The topological polar surface area (TPSA) is 62.4 Å². The average Bonchev–Trinajstić information content (AvgIpc) is 2.29. The second-order valence-corrected chi connectivity index (χ2v) is 3.98. The van der Waals surface area contributed by atoms with Crippen LogP contribution in [0.15, 0.2) is 18.3 Å². The molecule has 1 aliphatic rings. The third-order valence-corrected chi connectivity index (χ3v) is 2.80. The van der Waals surface area contributed by atoms with E-state index in [0.717, 1.165) is 25.2 Å². The molecule has 1 unspecified atom stereocenters. The van der Waals surface area contributed by atoms with Gasteiger partial charge in [-0.3, -0.25) is 9.88 Å². The number of hydrogen-bond donors (Lipinski definition) is 2. The van der Waals surface area contributed by atoms with Crippen molar-refractivity contribution in [3.63, 3.8) is 0 Å². The molecule has 0 saturated heterocycles. The monoisotopic (exact) mass is 207 g/mol. The molecule has 0 aromatic carbocycles. The molecule has 0 aliphatic carbocycles. The highest BCUT2D eigenvalue weighted by molar-refractivity contribution is 5.22. The fraction of sp³-hybridized carbons (Fsp3) is 0.545. The minimum atomic E-state index is -0.421. The van der Waals surface area contributed by atoms with Crippen LogP contribution in [0.4, 0.5) is 0 Å². The van der Waals surface area contributed by atoms with Crippen LogP contribution in [0, 0.1) is 0 Å². The van der Waals surface area contributed by atoms with E-state index in [1.807, 2.05) is 12.3 Å². The summed E-state index contributed by atoms with van der Waals surface area (Å²) in [5.74, 6) is 0. The van der Waals surface area contributed by atoms with Gasteiger partial charge in [-0.15, -0.1) is 0 Å². The van der Waals surface area contributed by atoms with Crippen LogP contribution in [-0.2, 0) is 13.0 Å². The number of nitrogens with two attached hydrogens (primary N) is 1. The Hall–Kier alpha value is -0.970. The number of nitrogens with zero attached hydrogens (tertiary/aromatic N) is 2. The van der Waals surface area contributed by atoms with E-state index in [2.05, 4.69) is 16.0 Å². The molecule has 4 heteroatoms. The highest BCUT2D eigenvalue weighted by Crippen LogP contribution is 2.15. The Labute approximate surface area is 89.7 Å². The number of pyridine rings is 1. The largest absolute Gasteiger partial charge is 0.390 e. The second kappa shape index (κ2) is 4.70. The molecule has 1 atom stereocenters. The van der Waals surface area contributed by atoms with Gasteiger partial charge in [-0.2, -0.15) is 0 Å². The first-order valence-corrected chi connectivity index (χ1v) is 5.33. The quantitative estimate of drug-likeness (QED) is 0.718. The molecule has 0 spiro atoms. The lowest BCUT2D eigenvalue weighted by atomic mass is 10.1. The Morgan fingerprint density at radius 1 is 1.60 bits per heavy atom. The van der Waals surface area contributed by atoms with Gasteiger partial charge in [0.2, 0.25) is 0 Å². The van der Waals surface area contributed by atoms with E-state index in [1.54, 1.807) is 0 Å². The van der Waals surface area contributed by atoms with Crippen molar-refractivity contribution in [1.82, 2.24) is 9.88 Å². The molecule has 2 rings (SSSR count). The average molecular weight is 207 g/mol. The molecular weight excluding hydrogens is 190 g/mol. The molecule has 0 fully saturated rings. The van der Waals surface area contributed by atoms with E-state index < -0.39 is 6.10 Å². The van der Waals surface area contributed by atoms with Crippen molar-refractivity contribution in [3.05, 3.63) is 29.6 Å². The summed E-state index contributed by atoms with van der Waals surface area (Å²) >= 11 is 0. The molecule has 82 valence electrons. The standard InChI is InChI=1S/C11H17N3O/c12-6-10(15)7-14-5-3-9-2-1-4-13-11(9)8-14/h1-2,4,10,15H,3,5-8,12H2. The number of fused-ring (bicyclic) bond motifs is 1. The summed E-state index contributed by atoms with van der Waals surface area (Å²) in [6.07, 6.45) is 2.41. The van der Waals surface area contributed by atoms with Crippen molar-refractivity contribution in [1.29, 1.82) is 0 Å². The number of aliphatic hydroxyl groups excluding tert-OH is 1. The van der Waals surface area contributed by atoms with Crippen LogP contribution in [0.25, 0.3) is 0 Å². The molecule has 4 nitrogen and oxygen atoms in total. The maximum Gasteiger partial charge on any atom is 0.0789 e. The molecule has 0 amide bonds. The summed E-state index contributed by atoms with van der Waals surface area (Å²) in [5, 5.41) is 9.47. The summed E-state index contributed by atoms with van der Waals surface area (Å²) in [6.45, 7) is 2.78. The highest BCUT2D eigenvalue weighted by atomic mass is 16.3. The van der Waals surface area contributed by atoms with Crippen LogP contribution in [0.1, 0.15) is 11.3 Å². The number of β-amino-alcohol motifs (C(OH)–C–C–N with tert-alkyl or cyclic N) is 1. The molecule has 2 heterocycles. The zero-order valence-corrected chi connectivity index (χ0v) is 8.76. The minimum absolute atomic E-state index is 0.325. The van der Waals surface area contributed by atoms with Crippen LogP contribution >= 0.6 is 0 Å². The molecule has 0 saturated carbocycles. The number of hydrogen-bond acceptors (Lipinski definition) is 4. The molecule has 0 bridgehead atoms. The van der Waals surface area contributed by atoms with Crippen molar-refractivity contribution in [2.75, 3.05) is 19.6 Å². The summed E-state index contributed by atoms with van der Waals surface area (Å²) in [5.41, 5.74) is 7.85. The van der Waals surface area contributed by atoms with E-state index >= 15 is 0 Å². The second-order valence-electron chi connectivity index (χ2n) is 3.98. The summed E-state index contributed by atoms with van der Waals surface area (Å²) in [6, 6.07) is 4.10. The van der Waals surface area contributed by atoms with Crippen LogP contribution < -0.4 is 5.73 Å². The third-order valence-electron chi connectivity index (χ3n) is 2.80. The zero-order chi connectivity index (χ0) is 10.7. The van der Waals surface area contributed by atoms with Gasteiger partial charge in [0.15, 0.2) is 0 Å². The van der Waals surface area contributed by atoms with E-state index in [1.165, 1.54) is 5.56 Å². The maximum absolute atomic E-state index is 9.47. The number of aromatic nitrogens is 1. The van der Waals surface area contributed by atoms with Crippen molar-refractivity contribution in [3.8, 4) is 0 Å². The number of rotatable bonds is 3. The Balaban J connectivity index is 1.99. The predicted molar refractivity (Wildman–Crippen MR) is 58.3 cm³/mol. The molecular formula is C11H17N3O. The van der Waals surface area contributed by atoms with Gasteiger partial charge in [0.1, 0.15) is 0 Å². The Kier molecular flexibility index (Phi) is 3.30. The van der Waals surface area contributed by atoms with Gasteiger partial charge in [-0.05, 0) is 18.1 Å². The van der Waals surface area contributed by atoms with Gasteiger partial charge in [0.05, 0.1) is 11.8 Å². The fourth-order valence-electron chi connectivity index (χ4n) is 1.94. The zero-order valence-electron chi connectivity index (χ0n) is 8.76. The smallest absolute Gasteiger partial charge is 0.0789 e. The third kappa shape index (κ3) is 2.53. The van der Waals surface area contributed by atoms with Gasteiger partial charge in [-0.1, -0.05) is 6.07 Å². The molecule has 3 N–H and O–H groups in total. The van der Waals surface area contributed by atoms with E-state index in [9.17, 15) is 5.11 Å². The van der Waals surface area contributed by atoms with Crippen molar-refractivity contribution in [2.45, 2.75) is 19.1 Å². The van der Waals surface area contributed by atoms with Crippen molar-refractivity contribution < 1.29 is 5.11 Å². The lowest BCUT2D eigenvalue weighted by Gasteiger charge is -2.29. The first-order chi connectivity index (χ1) is 7.29.